The molecular formula is C18H21NO2. The lowest BCUT2D eigenvalue weighted by Gasteiger charge is -2.21. The molecule has 0 saturated carbocycles. The molecule has 0 saturated heterocycles. The van der Waals surface area contributed by atoms with Crippen LogP contribution in [0.4, 0.5) is 0 Å². The monoisotopic (exact) mass is 283 g/mol. The highest BCUT2D eigenvalue weighted by atomic mass is 16.4. The first-order valence-electron chi connectivity index (χ1n) is 7.24. The van der Waals surface area contributed by atoms with Gasteiger partial charge in [0.2, 0.25) is 0 Å². The van der Waals surface area contributed by atoms with Crippen molar-refractivity contribution >= 4 is 5.97 Å². The maximum Gasteiger partial charge on any atom is 0.325 e. The Morgan fingerprint density at radius 1 is 1.05 bits per heavy atom. The minimum Gasteiger partial charge on any atom is -0.480 e. The molecule has 0 fully saturated rings. The highest BCUT2D eigenvalue weighted by Crippen LogP contribution is 2.20. The van der Waals surface area contributed by atoms with Crippen LogP contribution < -0.4 is 5.32 Å². The summed E-state index contributed by atoms with van der Waals surface area (Å²) < 4.78 is 0. The first kappa shape index (κ1) is 15.3. The van der Waals surface area contributed by atoms with Crippen molar-refractivity contribution in [3.8, 4) is 0 Å². The summed E-state index contributed by atoms with van der Waals surface area (Å²) in [5, 5.41) is 12.7. The molecule has 0 aliphatic rings. The van der Waals surface area contributed by atoms with Crippen molar-refractivity contribution in [1.29, 1.82) is 0 Å². The number of hydrogen-bond donors (Lipinski definition) is 2. The summed E-state index contributed by atoms with van der Waals surface area (Å²) in [6.45, 7) is 4.06. The molecule has 3 heteroatoms. The molecule has 0 aliphatic heterocycles. The lowest BCUT2D eigenvalue weighted by molar-refractivity contribution is -0.139. The number of carboxylic acids is 1. The van der Waals surface area contributed by atoms with E-state index in [1.54, 1.807) is 0 Å². The molecule has 21 heavy (non-hydrogen) atoms. The third kappa shape index (κ3) is 3.92. The van der Waals surface area contributed by atoms with E-state index in [-0.39, 0.29) is 6.04 Å². The Morgan fingerprint density at radius 3 is 2.19 bits per heavy atom. The molecule has 0 heterocycles. The van der Waals surface area contributed by atoms with E-state index in [1.807, 2.05) is 61.5 Å². The van der Waals surface area contributed by atoms with Crippen LogP contribution in [0.1, 0.15) is 42.6 Å². The summed E-state index contributed by atoms with van der Waals surface area (Å²) in [4.78, 5) is 11.6. The average Bonchev–Trinajstić information content (AvgIpc) is 2.53. The SMILES string of the molecule is CCc1ccc(C(NC(C)c2ccccc2)C(=O)O)cc1. The van der Waals surface area contributed by atoms with Crippen LogP contribution in [0.5, 0.6) is 0 Å². The molecule has 0 radical (unpaired) electrons. The van der Waals surface area contributed by atoms with Crippen LogP contribution in [0.15, 0.2) is 54.6 Å². The Labute approximate surface area is 125 Å². The molecule has 0 amide bonds. The molecule has 0 bridgehead atoms. The van der Waals surface area contributed by atoms with Crippen molar-refractivity contribution in [2.24, 2.45) is 0 Å². The quantitative estimate of drug-likeness (QED) is 0.849. The third-order valence-electron chi connectivity index (χ3n) is 3.68. The van der Waals surface area contributed by atoms with E-state index in [0.29, 0.717) is 0 Å². The first-order valence-corrected chi connectivity index (χ1v) is 7.24. The van der Waals surface area contributed by atoms with E-state index in [2.05, 4.69) is 12.2 Å². The largest absolute Gasteiger partial charge is 0.480 e. The molecule has 110 valence electrons. The zero-order valence-electron chi connectivity index (χ0n) is 12.4. The topological polar surface area (TPSA) is 49.3 Å². The van der Waals surface area contributed by atoms with Crippen molar-refractivity contribution < 1.29 is 9.90 Å². The summed E-state index contributed by atoms with van der Waals surface area (Å²) in [7, 11) is 0. The van der Waals surface area contributed by atoms with Crippen LogP contribution in [0.3, 0.4) is 0 Å². The summed E-state index contributed by atoms with van der Waals surface area (Å²) in [6, 6.07) is 16.9. The number of rotatable bonds is 6. The normalized spacial score (nSPS) is 13.6. The van der Waals surface area contributed by atoms with Gasteiger partial charge in [-0.05, 0) is 30.0 Å². The molecule has 3 nitrogen and oxygen atoms in total. The fourth-order valence-corrected chi connectivity index (χ4v) is 2.34. The number of nitrogens with one attached hydrogen (secondary N) is 1. The number of aliphatic carboxylic acids is 1. The predicted octanol–water partition coefficient (Wildman–Crippen LogP) is 3.73. The molecular weight excluding hydrogens is 262 g/mol. The number of benzene rings is 2. The molecule has 2 rings (SSSR count). The maximum absolute atomic E-state index is 11.6. The first-order chi connectivity index (χ1) is 10.1. The van der Waals surface area contributed by atoms with Crippen LogP contribution in [0, 0.1) is 0 Å². The van der Waals surface area contributed by atoms with Gasteiger partial charge in [0.05, 0.1) is 0 Å². The van der Waals surface area contributed by atoms with E-state index < -0.39 is 12.0 Å². The van der Waals surface area contributed by atoms with E-state index in [0.717, 1.165) is 17.5 Å². The zero-order chi connectivity index (χ0) is 15.2. The van der Waals surface area contributed by atoms with Gasteiger partial charge < -0.3 is 5.11 Å². The molecule has 2 aromatic carbocycles. The van der Waals surface area contributed by atoms with Crippen molar-refractivity contribution in [2.45, 2.75) is 32.4 Å². The third-order valence-corrected chi connectivity index (χ3v) is 3.68. The van der Waals surface area contributed by atoms with E-state index in [9.17, 15) is 9.90 Å². The Bertz CT molecular complexity index is 578. The molecule has 2 unspecified atom stereocenters. The van der Waals surface area contributed by atoms with Gasteiger partial charge in [-0.2, -0.15) is 0 Å². The molecule has 0 aromatic heterocycles. The van der Waals surface area contributed by atoms with Crippen LogP contribution in [0.2, 0.25) is 0 Å². The lowest BCUT2D eigenvalue weighted by Crippen LogP contribution is -2.30. The van der Waals surface area contributed by atoms with Crippen molar-refractivity contribution in [2.75, 3.05) is 0 Å². The highest BCUT2D eigenvalue weighted by Gasteiger charge is 2.22. The summed E-state index contributed by atoms with van der Waals surface area (Å²) in [6.07, 6.45) is 0.950. The zero-order valence-corrected chi connectivity index (χ0v) is 12.4. The molecule has 2 N–H and O–H groups in total. The smallest absolute Gasteiger partial charge is 0.325 e. The molecule has 0 spiro atoms. The maximum atomic E-state index is 11.6. The minimum absolute atomic E-state index is 0.0295. The van der Waals surface area contributed by atoms with Crippen LogP contribution in [-0.2, 0) is 11.2 Å². The van der Waals surface area contributed by atoms with Crippen LogP contribution in [0.25, 0.3) is 0 Å². The fourth-order valence-electron chi connectivity index (χ4n) is 2.34. The molecule has 2 aromatic rings. The lowest BCUT2D eigenvalue weighted by atomic mass is 10.0. The van der Waals surface area contributed by atoms with Crippen molar-refractivity contribution in [3.63, 3.8) is 0 Å². The average molecular weight is 283 g/mol. The van der Waals surface area contributed by atoms with Gasteiger partial charge in [0.25, 0.3) is 0 Å². The standard InChI is InChI=1S/C18H21NO2/c1-3-14-9-11-16(12-10-14)17(18(20)21)19-13(2)15-7-5-4-6-8-15/h4-13,17,19H,3H2,1-2H3,(H,20,21). The molecule has 0 aliphatic carbocycles. The van der Waals surface area contributed by atoms with Gasteiger partial charge in [-0.3, -0.25) is 10.1 Å². The van der Waals surface area contributed by atoms with E-state index in [1.165, 1.54) is 5.56 Å². The predicted molar refractivity (Wildman–Crippen MR) is 84.2 cm³/mol. The van der Waals surface area contributed by atoms with Crippen molar-refractivity contribution in [1.82, 2.24) is 5.32 Å². The van der Waals surface area contributed by atoms with E-state index in [4.69, 9.17) is 0 Å². The Kier molecular flexibility index (Phi) is 5.12. The number of carboxylic acid groups (broad SMARTS) is 1. The fraction of sp³-hybridized carbons (Fsp3) is 0.278. The number of aryl methyl sites for hydroxylation is 1. The van der Waals surface area contributed by atoms with Gasteiger partial charge in [-0.25, -0.2) is 0 Å². The van der Waals surface area contributed by atoms with E-state index >= 15 is 0 Å². The molecule has 2 atom stereocenters. The van der Waals surface area contributed by atoms with Gasteiger partial charge in [0.15, 0.2) is 0 Å². The van der Waals surface area contributed by atoms with Crippen LogP contribution in [-0.4, -0.2) is 11.1 Å². The van der Waals surface area contributed by atoms with Gasteiger partial charge >= 0.3 is 5.97 Å². The van der Waals surface area contributed by atoms with Gasteiger partial charge in [0.1, 0.15) is 6.04 Å². The second kappa shape index (κ2) is 7.04. The van der Waals surface area contributed by atoms with Gasteiger partial charge in [0, 0.05) is 6.04 Å². The minimum atomic E-state index is -0.859. The van der Waals surface area contributed by atoms with Gasteiger partial charge in [-0.1, -0.05) is 61.5 Å². The number of hydrogen-bond acceptors (Lipinski definition) is 2. The second-order valence-electron chi connectivity index (χ2n) is 5.17. The second-order valence-corrected chi connectivity index (χ2v) is 5.17. The highest BCUT2D eigenvalue weighted by molar-refractivity contribution is 5.75. The number of carbonyl (C=O) groups is 1. The Hall–Kier alpha value is -2.13. The van der Waals surface area contributed by atoms with Crippen molar-refractivity contribution in [3.05, 3.63) is 71.3 Å². The summed E-state index contributed by atoms with van der Waals surface area (Å²) in [5.41, 5.74) is 3.07. The Balaban J connectivity index is 2.17. The summed E-state index contributed by atoms with van der Waals surface area (Å²) >= 11 is 0. The van der Waals surface area contributed by atoms with Crippen LogP contribution >= 0.6 is 0 Å². The Morgan fingerprint density at radius 2 is 1.67 bits per heavy atom. The summed E-state index contributed by atoms with van der Waals surface area (Å²) in [5.74, 6) is -0.859. The van der Waals surface area contributed by atoms with Gasteiger partial charge in [-0.15, -0.1) is 0 Å².